The highest BCUT2D eigenvalue weighted by Gasteiger charge is 2.48. The Kier molecular flexibility index (Phi) is 18.4. The highest BCUT2D eigenvalue weighted by atomic mass is 32.2. The van der Waals surface area contributed by atoms with Crippen molar-refractivity contribution in [2.45, 2.75) is 133 Å². The second-order valence-corrected chi connectivity index (χ2v) is 20.9. The number of nitrogens with one attached hydrogen (secondary N) is 6. The number of benzene rings is 3. The maximum atomic E-state index is 14.7. The molecule has 5 atom stereocenters. The molecule has 7 amide bonds. The zero-order valence-electron chi connectivity index (χ0n) is 39.5. The number of nitrogens with zero attached hydrogens (tertiary/aromatic N) is 1. The van der Waals surface area contributed by atoms with Gasteiger partial charge in [-0.2, -0.15) is 8.42 Å². The van der Waals surface area contributed by atoms with E-state index in [-0.39, 0.29) is 51.5 Å². The highest BCUT2D eigenvalue weighted by molar-refractivity contribution is 7.85. The smallest absolute Gasteiger partial charge is 0.319 e. The number of carbonyl (C=O) groups is 7. The third-order valence-electron chi connectivity index (χ3n) is 11.7. The second kappa shape index (κ2) is 23.8. The molecule has 1 aromatic heterocycles. The fraction of sp³-hybridized carbons (Fsp3) is 0.449. The van der Waals surface area contributed by atoms with Crippen molar-refractivity contribution in [3.8, 4) is 0 Å². The molecule has 69 heavy (non-hydrogen) atoms. The second-order valence-electron chi connectivity index (χ2n) is 18.6. The highest BCUT2D eigenvalue weighted by Crippen LogP contribution is 2.32. The van der Waals surface area contributed by atoms with Crippen LogP contribution in [-0.2, 0) is 57.5 Å². The van der Waals surface area contributed by atoms with Crippen molar-refractivity contribution in [1.82, 2.24) is 31.5 Å². The maximum absolute atomic E-state index is 14.7. The maximum Gasteiger partial charge on any atom is 0.319 e. The number of carboxylic acids is 1. The van der Waals surface area contributed by atoms with Crippen LogP contribution < -0.4 is 31.9 Å². The third-order valence-corrected chi connectivity index (χ3v) is 13.4. The molecule has 0 spiro atoms. The monoisotopic (exact) mass is 989 g/mol. The van der Waals surface area contributed by atoms with E-state index >= 15 is 0 Å². The molecule has 5 rings (SSSR count). The molecule has 1 aliphatic rings. The molecule has 3 aromatic carbocycles. The summed E-state index contributed by atoms with van der Waals surface area (Å²) >= 11 is 1.47. The summed E-state index contributed by atoms with van der Waals surface area (Å²) in [6.07, 6.45) is 1.10. The van der Waals surface area contributed by atoms with Crippen molar-refractivity contribution in [1.29, 1.82) is 0 Å². The zero-order valence-corrected chi connectivity index (χ0v) is 41.1. The van der Waals surface area contributed by atoms with E-state index in [1.807, 2.05) is 36.6 Å². The van der Waals surface area contributed by atoms with E-state index < -0.39 is 92.7 Å². The number of urea groups is 1. The number of aliphatic carboxylic acids is 1. The van der Waals surface area contributed by atoms with Gasteiger partial charge in [-0.3, -0.25) is 33.3 Å². The Morgan fingerprint density at radius 3 is 2.03 bits per heavy atom. The Bertz CT molecular complexity index is 2580. The first-order chi connectivity index (χ1) is 32.5. The van der Waals surface area contributed by atoms with Crippen LogP contribution in [0.15, 0.2) is 84.2 Å². The van der Waals surface area contributed by atoms with Crippen molar-refractivity contribution in [2.24, 2.45) is 0 Å². The van der Waals surface area contributed by atoms with Crippen LogP contribution in [0.1, 0.15) is 96.3 Å². The fourth-order valence-corrected chi connectivity index (χ4v) is 9.81. The number of carboxylic acid groups (broad SMARTS) is 1. The van der Waals surface area contributed by atoms with Crippen molar-refractivity contribution in [3.63, 3.8) is 0 Å². The number of thiophene rings is 1. The first-order valence-corrected chi connectivity index (χ1v) is 25.4. The summed E-state index contributed by atoms with van der Waals surface area (Å²) in [6, 6.07) is 16.8. The summed E-state index contributed by atoms with van der Waals surface area (Å²) in [4.78, 5) is 97.6. The molecule has 372 valence electrons. The van der Waals surface area contributed by atoms with Crippen LogP contribution in [0.5, 0.6) is 0 Å². The molecule has 18 nitrogen and oxygen atoms in total. The Balaban J connectivity index is 1.39. The van der Waals surface area contributed by atoms with Gasteiger partial charge in [-0.1, -0.05) is 74.0 Å². The van der Waals surface area contributed by atoms with Gasteiger partial charge in [-0.05, 0) is 105 Å². The molecule has 0 radical (unpaired) electrons. The van der Waals surface area contributed by atoms with Gasteiger partial charge in [-0.25, -0.2) is 4.79 Å². The van der Waals surface area contributed by atoms with E-state index in [4.69, 9.17) is 0 Å². The number of likely N-dealkylation sites (tertiary alicyclic amines) is 1. The zero-order chi connectivity index (χ0) is 50.5. The number of rotatable bonds is 22. The number of anilines is 1. The van der Waals surface area contributed by atoms with Crippen LogP contribution in [0.25, 0.3) is 10.1 Å². The standard InChI is InChI=1S/C49H63N7O11S2/c1-6-14-37(52-42(59)38(54-47(64)50-34-15-8-7-9-16-34)27-31-21-23-32(24-22-31)30-69(65,66)67)45(62)56-26-13-25-49(56,5)46(63)53-39(28-33-29-68-40-19-11-10-17-35(33)40)43(60)51-36(18-12-20-41(57)58)44(61)55-48(2,3)4/h7-11,15-17,19,21-24,29,36-39H,6,12-14,18,20,25-28,30H2,1-5H3,(H,51,60)(H,52,59)(H,53,63)(H,55,61)(H,57,58)(H2,50,54,64)(H,65,66,67)/t36-,37-,38-,39-,49-/m0/s1. The molecular weight excluding hydrogens is 927 g/mol. The Hall–Kier alpha value is -6.38. The Morgan fingerprint density at radius 1 is 0.768 bits per heavy atom. The summed E-state index contributed by atoms with van der Waals surface area (Å²) < 4.78 is 33.2. The van der Waals surface area contributed by atoms with Crippen LogP contribution in [-0.4, -0.2) is 106 Å². The van der Waals surface area contributed by atoms with Crippen LogP contribution in [0, 0.1) is 0 Å². The molecule has 0 aliphatic carbocycles. The van der Waals surface area contributed by atoms with Crippen molar-refractivity contribution < 1.29 is 51.6 Å². The Morgan fingerprint density at radius 2 is 1.39 bits per heavy atom. The van der Waals surface area contributed by atoms with Crippen molar-refractivity contribution in [3.05, 3.63) is 101 Å². The lowest BCUT2D eigenvalue weighted by Crippen LogP contribution is -2.63. The molecule has 0 bridgehead atoms. The number of para-hydroxylation sites is 1. The van der Waals surface area contributed by atoms with Gasteiger partial charge < -0.3 is 41.9 Å². The van der Waals surface area contributed by atoms with Crippen molar-refractivity contribution in [2.75, 3.05) is 11.9 Å². The van der Waals surface area contributed by atoms with Gasteiger partial charge in [0.2, 0.25) is 29.5 Å². The van der Waals surface area contributed by atoms with E-state index in [1.165, 1.54) is 28.4 Å². The normalized spacial score (nSPS) is 16.6. The molecular formula is C49H63N7O11S2. The molecule has 2 heterocycles. The van der Waals surface area contributed by atoms with Gasteiger partial charge in [-0.15, -0.1) is 11.3 Å². The predicted molar refractivity (Wildman–Crippen MR) is 263 cm³/mol. The van der Waals surface area contributed by atoms with E-state index in [1.54, 1.807) is 70.2 Å². The summed E-state index contributed by atoms with van der Waals surface area (Å²) in [5.41, 5.74) is -0.107. The molecule has 0 unspecified atom stereocenters. The summed E-state index contributed by atoms with van der Waals surface area (Å²) in [5, 5.41) is 28.8. The topological polar surface area (TPSA) is 270 Å². The van der Waals surface area contributed by atoms with Crippen LogP contribution in [0.4, 0.5) is 10.5 Å². The minimum absolute atomic E-state index is 0.0178. The summed E-state index contributed by atoms with van der Waals surface area (Å²) in [6.45, 7) is 8.91. The lowest BCUT2D eigenvalue weighted by Gasteiger charge is -2.37. The first kappa shape index (κ1) is 53.6. The van der Waals surface area contributed by atoms with E-state index in [2.05, 4.69) is 31.9 Å². The number of fused-ring (bicyclic) bond motifs is 1. The summed E-state index contributed by atoms with van der Waals surface area (Å²) in [7, 11) is -4.30. The molecule has 4 aromatic rings. The first-order valence-electron chi connectivity index (χ1n) is 22.9. The molecule has 1 aliphatic heterocycles. The van der Waals surface area contributed by atoms with Gasteiger partial charge in [0.25, 0.3) is 10.1 Å². The molecule has 1 saturated heterocycles. The number of hydrogen-bond acceptors (Lipinski definition) is 10. The molecule has 20 heteroatoms. The minimum Gasteiger partial charge on any atom is -0.481 e. The molecule has 8 N–H and O–H groups in total. The largest absolute Gasteiger partial charge is 0.481 e. The van der Waals surface area contributed by atoms with E-state index in [0.717, 1.165) is 15.6 Å². The van der Waals surface area contributed by atoms with Gasteiger partial charge in [0.15, 0.2) is 0 Å². The average Bonchev–Trinajstić information content (AvgIpc) is 3.88. The predicted octanol–water partition coefficient (Wildman–Crippen LogP) is 5.07. The lowest BCUT2D eigenvalue weighted by atomic mass is 9.94. The third kappa shape index (κ3) is 15.8. The van der Waals surface area contributed by atoms with Gasteiger partial charge in [0.1, 0.15) is 35.5 Å². The number of hydrogen-bond donors (Lipinski definition) is 8. The Labute approximate surface area is 406 Å². The van der Waals surface area contributed by atoms with E-state index in [9.17, 15) is 51.6 Å². The van der Waals surface area contributed by atoms with Gasteiger partial charge >= 0.3 is 12.0 Å². The van der Waals surface area contributed by atoms with E-state index in [0.29, 0.717) is 29.7 Å². The van der Waals surface area contributed by atoms with Gasteiger partial charge in [0, 0.05) is 41.7 Å². The number of amides is 7. The molecule has 0 saturated carbocycles. The van der Waals surface area contributed by atoms with Crippen LogP contribution >= 0.6 is 11.3 Å². The van der Waals surface area contributed by atoms with Crippen LogP contribution in [0.2, 0.25) is 0 Å². The van der Waals surface area contributed by atoms with Gasteiger partial charge in [0.05, 0.1) is 0 Å². The van der Waals surface area contributed by atoms with Crippen LogP contribution in [0.3, 0.4) is 0 Å². The molecule has 1 fully saturated rings. The SMILES string of the molecule is CCC[C@H](NC(=O)[C@H](Cc1ccc(CS(=O)(=O)O)cc1)NC(=O)Nc1ccccc1)C(=O)N1CCC[C@@]1(C)C(=O)N[C@@H](Cc1csc2ccccc12)C(=O)N[C@@H](CCCC(=O)O)C(=O)NC(C)(C)C. The average molecular weight is 990 g/mol. The minimum atomic E-state index is -4.30. The lowest BCUT2D eigenvalue weighted by molar-refractivity contribution is -0.147. The van der Waals surface area contributed by atoms with Crippen molar-refractivity contribution >= 4 is 78.8 Å². The fourth-order valence-electron chi connectivity index (χ4n) is 8.22. The quantitative estimate of drug-likeness (QED) is 0.0482. The number of carbonyl (C=O) groups excluding carboxylic acids is 6. The summed E-state index contributed by atoms with van der Waals surface area (Å²) in [5.74, 6) is -4.75.